The standard InChI is InChI=1S/C13H10BrClN2O2/c14-11-7-16-17(12(11)5-6-13(18)19)8-9-1-3-10(15)4-2-9/h1-7H,8H2,(H,18,19)/b6-5+. The van der Waals surface area contributed by atoms with Gasteiger partial charge in [-0.05, 0) is 39.7 Å². The van der Waals surface area contributed by atoms with Gasteiger partial charge in [-0.15, -0.1) is 0 Å². The van der Waals surface area contributed by atoms with Gasteiger partial charge in [0.2, 0.25) is 0 Å². The van der Waals surface area contributed by atoms with E-state index < -0.39 is 5.97 Å². The van der Waals surface area contributed by atoms with E-state index in [4.69, 9.17) is 16.7 Å². The molecular weight excluding hydrogens is 332 g/mol. The van der Waals surface area contributed by atoms with Gasteiger partial charge in [0.25, 0.3) is 0 Å². The van der Waals surface area contributed by atoms with Crippen LogP contribution in [0.15, 0.2) is 41.0 Å². The molecule has 0 atom stereocenters. The highest BCUT2D eigenvalue weighted by molar-refractivity contribution is 9.10. The molecule has 0 unspecified atom stereocenters. The zero-order chi connectivity index (χ0) is 13.8. The van der Waals surface area contributed by atoms with Gasteiger partial charge in [0.1, 0.15) is 0 Å². The minimum absolute atomic E-state index is 0.544. The van der Waals surface area contributed by atoms with Crippen molar-refractivity contribution >= 4 is 39.6 Å². The Morgan fingerprint density at radius 1 is 1.42 bits per heavy atom. The Bertz CT molecular complexity index is 620. The molecule has 0 spiro atoms. The van der Waals surface area contributed by atoms with E-state index in [1.165, 1.54) is 6.08 Å². The van der Waals surface area contributed by atoms with E-state index in [2.05, 4.69) is 21.0 Å². The highest BCUT2D eigenvalue weighted by atomic mass is 79.9. The molecule has 0 saturated heterocycles. The van der Waals surface area contributed by atoms with Crippen LogP contribution in [0.3, 0.4) is 0 Å². The number of carboxylic acid groups (broad SMARTS) is 1. The summed E-state index contributed by atoms with van der Waals surface area (Å²) in [6, 6.07) is 7.43. The summed E-state index contributed by atoms with van der Waals surface area (Å²) < 4.78 is 2.46. The van der Waals surface area contributed by atoms with Crippen molar-refractivity contribution in [2.45, 2.75) is 6.54 Å². The summed E-state index contributed by atoms with van der Waals surface area (Å²) in [5.74, 6) is -0.994. The molecule has 6 heteroatoms. The summed E-state index contributed by atoms with van der Waals surface area (Å²) in [7, 11) is 0. The van der Waals surface area contributed by atoms with E-state index in [0.29, 0.717) is 17.3 Å². The normalized spacial score (nSPS) is 11.1. The molecule has 1 heterocycles. The summed E-state index contributed by atoms with van der Waals surface area (Å²) in [5.41, 5.74) is 1.74. The molecule has 0 aliphatic carbocycles. The maximum Gasteiger partial charge on any atom is 0.328 e. The molecule has 2 aromatic rings. The van der Waals surface area contributed by atoms with Gasteiger partial charge in [-0.25, -0.2) is 4.79 Å². The minimum atomic E-state index is -0.994. The Labute approximate surface area is 123 Å². The van der Waals surface area contributed by atoms with Crippen LogP contribution >= 0.6 is 27.5 Å². The van der Waals surface area contributed by atoms with Crippen LogP contribution in [0.1, 0.15) is 11.3 Å². The van der Waals surface area contributed by atoms with E-state index in [1.807, 2.05) is 24.3 Å². The summed E-state index contributed by atoms with van der Waals surface area (Å²) >= 11 is 9.17. The van der Waals surface area contributed by atoms with Gasteiger partial charge in [-0.3, -0.25) is 4.68 Å². The molecule has 0 bridgehead atoms. The van der Waals surface area contributed by atoms with Crippen LogP contribution in [0, 0.1) is 0 Å². The lowest BCUT2D eigenvalue weighted by Crippen LogP contribution is -2.04. The summed E-state index contributed by atoms with van der Waals surface area (Å²) in [6.07, 6.45) is 4.23. The van der Waals surface area contributed by atoms with E-state index in [9.17, 15) is 4.79 Å². The lowest BCUT2D eigenvalue weighted by molar-refractivity contribution is -0.131. The largest absolute Gasteiger partial charge is 0.478 e. The molecule has 1 N–H and O–H groups in total. The van der Waals surface area contributed by atoms with Crippen molar-refractivity contribution in [3.63, 3.8) is 0 Å². The van der Waals surface area contributed by atoms with Crippen molar-refractivity contribution in [1.29, 1.82) is 0 Å². The van der Waals surface area contributed by atoms with Crippen LogP contribution < -0.4 is 0 Å². The topological polar surface area (TPSA) is 55.1 Å². The molecule has 0 aliphatic rings. The molecule has 0 aliphatic heterocycles. The van der Waals surface area contributed by atoms with Gasteiger partial charge < -0.3 is 5.11 Å². The van der Waals surface area contributed by atoms with Crippen LogP contribution in [-0.4, -0.2) is 20.9 Å². The Kier molecular flexibility index (Phi) is 4.39. The molecular formula is C13H10BrClN2O2. The Balaban J connectivity index is 2.25. The second-order valence-corrected chi connectivity index (χ2v) is 5.12. The highest BCUT2D eigenvalue weighted by Gasteiger charge is 2.07. The van der Waals surface area contributed by atoms with Crippen molar-refractivity contribution in [1.82, 2.24) is 9.78 Å². The monoisotopic (exact) mass is 340 g/mol. The Morgan fingerprint density at radius 3 is 2.74 bits per heavy atom. The fourth-order valence-electron chi connectivity index (χ4n) is 1.58. The first-order chi connectivity index (χ1) is 9.06. The molecule has 0 amide bonds. The Hall–Kier alpha value is -1.59. The minimum Gasteiger partial charge on any atom is -0.478 e. The van der Waals surface area contributed by atoms with Crippen molar-refractivity contribution in [2.75, 3.05) is 0 Å². The number of rotatable bonds is 4. The number of hydrogen-bond donors (Lipinski definition) is 1. The van der Waals surface area contributed by atoms with Gasteiger partial charge in [0.15, 0.2) is 0 Å². The highest BCUT2D eigenvalue weighted by Crippen LogP contribution is 2.19. The maximum atomic E-state index is 10.6. The third-order valence-corrected chi connectivity index (χ3v) is 3.33. The fraction of sp³-hybridized carbons (Fsp3) is 0.0769. The average molecular weight is 342 g/mol. The maximum absolute atomic E-state index is 10.6. The first-order valence-electron chi connectivity index (χ1n) is 5.43. The number of aromatic nitrogens is 2. The van der Waals surface area contributed by atoms with Crippen LogP contribution in [0.25, 0.3) is 6.08 Å². The molecule has 0 fully saturated rings. The van der Waals surface area contributed by atoms with Crippen LogP contribution in [-0.2, 0) is 11.3 Å². The number of benzene rings is 1. The van der Waals surface area contributed by atoms with Gasteiger partial charge >= 0.3 is 5.97 Å². The van der Waals surface area contributed by atoms with E-state index in [1.54, 1.807) is 10.9 Å². The molecule has 98 valence electrons. The number of carboxylic acids is 1. The molecule has 2 rings (SSSR count). The third kappa shape index (κ3) is 3.68. The zero-order valence-electron chi connectivity index (χ0n) is 9.75. The molecule has 1 aromatic heterocycles. The SMILES string of the molecule is O=C(O)/C=C/c1c(Br)cnn1Cc1ccc(Cl)cc1. The summed E-state index contributed by atoms with van der Waals surface area (Å²) in [6.45, 7) is 0.544. The number of halogens is 2. The smallest absolute Gasteiger partial charge is 0.328 e. The first kappa shape index (κ1) is 13.8. The average Bonchev–Trinajstić information content (AvgIpc) is 2.70. The van der Waals surface area contributed by atoms with Crippen LogP contribution in [0.4, 0.5) is 0 Å². The molecule has 4 nitrogen and oxygen atoms in total. The van der Waals surface area contributed by atoms with E-state index in [-0.39, 0.29) is 0 Å². The van der Waals surface area contributed by atoms with Gasteiger partial charge in [0.05, 0.1) is 22.9 Å². The molecule has 0 radical (unpaired) electrons. The number of nitrogens with zero attached hydrogens (tertiary/aromatic N) is 2. The van der Waals surface area contributed by atoms with Gasteiger partial charge in [0, 0.05) is 11.1 Å². The van der Waals surface area contributed by atoms with Gasteiger partial charge in [-0.2, -0.15) is 5.10 Å². The quantitative estimate of drug-likeness (QED) is 0.867. The van der Waals surface area contributed by atoms with Crippen molar-refractivity contribution in [2.24, 2.45) is 0 Å². The van der Waals surface area contributed by atoms with Gasteiger partial charge in [-0.1, -0.05) is 23.7 Å². The van der Waals surface area contributed by atoms with Crippen molar-refractivity contribution in [3.8, 4) is 0 Å². The predicted molar refractivity (Wildman–Crippen MR) is 77.2 cm³/mol. The van der Waals surface area contributed by atoms with Crippen molar-refractivity contribution < 1.29 is 9.90 Å². The van der Waals surface area contributed by atoms with E-state index in [0.717, 1.165) is 16.1 Å². The van der Waals surface area contributed by atoms with E-state index >= 15 is 0 Å². The number of hydrogen-bond acceptors (Lipinski definition) is 2. The molecule has 19 heavy (non-hydrogen) atoms. The lowest BCUT2D eigenvalue weighted by Gasteiger charge is -2.05. The molecule has 0 saturated carbocycles. The second-order valence-electron chi connectivity index (χ2n) is 3.83. The van der Waals surface area contributed by atoms with Crippen LogP contribution in [0.5, 0.6) is 0 Å². The second kappa shape index (κ2) is 6.04. The predicted octanol–water partition coefficient (Wildman–Crippen LogP) is 3.45. The fourth-order valence-corrected chi connectivity index (χ4v) is 2.13. The third-order valence-electron chi connectivity index (χ3n) is 2.46. The summed E-state index contributed by atoms with van der Waals surface area (Å²) in [5, 5.41) is 13.5. The lowest BCUT2D eigenvalue weighted by atomic mass is 10.2. The van der Waals surface area contributed by atoms with Crippen LogP contribution in [0.2, 0.25) is 5.02 Å². The number of aliphatic carboxylic acids is 1. The molecule has 1 aromatic carbocycles. The number of carbonyl (C=O) groups is 1. The Morgan fingerprint density at radius 2 is 2.11 bits per heavy atom. The summed E-state index contributed by atoms with van der Waals surface area (Å²) in [4.78, 5) is 10.6. The first-order valence-corrected chi connectivity index (χ1v) is 6.60. The zero-order valence-corrected chi connectivity index (χ0v) is 12.1. The van der Waals surface area contributed by atoms with Crippen molar-refractivity contribution in [3.05, 3.63) is 57.3 Å².